The van der Waals surface area contributed by atoms with Gasteiger partial charge >= 0.3 is 0 Å². The Bertz CT molecular complexity index is 1050. The molecule has 0 aliphatic heterocycles. The predicted octanol–water partition coefficient (Wildman–Crippen LogP) is 6.25. The van der Waals surface area contributed by atoms with Gasteiger partial charge in [-0.15, -0.1) is 0 Å². The molecule has 0 bridgehead atoms. The number of fused-ring (bicyclic) bond motifs is 3. The Balaban J connectivity index is 2.01. The van der Waals surface area contributed by atoms with E-state index in [-0.39, 0.29) is 5.41 Å². The molecule has 2 nitrogen and oxygen atoms in total. The van der Waals surface area contributed by atoms with Gasteiger partial charge in [-0.3, -0.25) is 4.98 Å². The average Bonchev–Trinajstić information content (AvgIpc) is 2.94. The Morgan fingerprint density at radius 3 is 2.33 bits per heavy atom. The van der Waals surface area contributed by atoms with Gasteiger partial charge in [0, 0.05) is 22.5 Å². The maximum Gasteiger partial charge on any atom is 0.144 e. The molecule has 0 saturated heterocycles. The van der Waals surface area contributed by atoms with Crippen molar-refractivity contribution in [1.82, 2.24) is 4.98 Å². The number of hydrogen-bond donors (Lipinski definition) is 0. The molecule has 2 aromatic heterocycles. The SMILES string of the molecule is Cc1cccc2c1oc1c(-c3cc(C(C)(C)C)ccn3)cccc12. The van der Waals surface area contributed by atoms with E-state index in [0.717, 1.165) is 33.4 Å². The largest absolute Gasteiger partial charge is 0.455 e. The Hall–Kier alpha value is -2.61. The molecule has 2 aromatic carbocycles. The number of para-hydroxylation sites is 2. The van der Waals surface area contributed by atoms with Crippen molar-refractivity contribution in [1.29, 1.82) is 0 Å². The standard InChI is InChI=1S/C22H21NO/c1-14-7-5-8-16-17-9-6-10-18(21(17)24-20(14)16)19-13-15(11-12-23-19)22(2,3)4/h5-13H,1-4H3. The van der Waals surface area contributed by atoms with Crippen LogP contribution in [0.2, 0.25) is 0 Å². The average molecular weight is 315 g/mol. The lowest BCUT2D eigenvalue weighted by molar-refractivity contribution is 0.589. The number of rotatable bonds is 1. The van der Waals surface area contributed by atoms with E-state index in [1.807, 2.05) is 6.20 Å². The van der Waals surface area contributed by atoms with Gasteiger partial charge < -0.3 is 4.42 Å². The third-order valence-electron chi connectivity index (χ3n) is 4.62. The van der Waals surface area contributed by atoms with Crippen LogP contribution in [-0.2, 0) is 5.41 Å². The van der Waals surface area contributed by atoms with E-state index < -0.39 is 0 Å². The lowest BCUT2D eigenvalue weighted by Gasteiger charge is -2.19. The lowest BCUT2D eigenvalue weighted by atomic mass is 9.87. The van der Waals surface area contributed by atoms with E-state index in [2.05, 4.69) is 81.2 Å². The van der Waals surface area contributed by atoms with Crippen molar-refractivity contribution >= 4 is 21.9 Å². The molecule has 4 rings (SSSR count). The fourth-order valence-corrected chi connectivity index (χ4v) is 3.21. The quantitative estimate of drug-likeness (QED) is 0.414. The number of pyridine rings is 1. The van der Waals surface area contributed by atoms with Gasteiger partial charge in [0.25, 0.3) is 0 Å². The molecule has 0 atom stereocenters. The predicted molar refractivity (Wildman–Crippen MR) is 100 cm³/mol. The zero-order valence-corrected chi connectivity index (χ0v) is 14.6. The summed E-state index contributed by atoms with van der Waals surface area (Å²) >= 11 is 0. The van der Waals surface area contributed by atoms with Gasteiger partial charge in [0.05, 0.1) is 5.69 Å². The van der Waals surface area contributed by atoms with Crippen LogP contribution in [0.5, 0.6) is 0 Å². The summed E-state index contributed by atoms with van der Waals surface area (Å²) in [5, 5.41) is 2.31. The van der Waals surface area contributed by atoms with Crippen molar-refractivity contribution in [3.8, 4) is 11.3 Å². The van der Waals surface area contributed by atoms with E-state index in [9.17, 15) is 0 Å². The third kappa shape index (κ3) is 2.30. The van der Waals surface area contributed by atoms with Crippen LogP contribution in [0.1, 0.15) is 31.9 Å². The number of benzene rings is 2. The Morgan fingerprint density at radius 1 is 0.875 bits per heavy atom. The first kappa shape index (κ1) is 14.9. The van der Waals surface area contributed by atoms with Gasteiger partial charge in [0.15, 0.2) is 0 Å². The van der Waals surface area contributed by atoms with Crippen molar-refractivity contribution in [3.05, 3.63) is 65.9 Å². The van der Waals surface area contributed by atoms with E-state index >= 15 is 0 Å². The highest BCUT2D eigenvalue weighted by Gasteiger charge is 2.17. The normalized spacial score (nSPS) is 12.2. The van der Waals surface area contributed by atoms with Gasteiger partial charge in [-0.2, -0.15) is 0 Å². The van der Waals surface area contributed by atoms with Crippen molar-refractivity contribution in [2.45, 2.75) is 33.1 Å². The summed E-state index contributed by atoms with van der Waals surface area (Å²) in [6.07, 6.45) is 1.89. The van der Waals surface area contributed by atoms with Crippen LogP contribution in [0, 0.1) is 6.92 Å². The summed E-state index contributed by atoms with van der Waals surface area (Å²) in [5.74, 6) is 0. The first-order valence-corrected chi connectivity index (χ1v) is 8.33. The number of nitrogens with zero attached hydrogens (tertiary/aromatic N) is 1. The Morgan fingerprint density at radius 2 is 1.58 bits per heavy atom. The lowest BCUT2D eigenvalue weighted by Crippen LogP contribution is -2.11. The molecule has 24 heavy (non-hydrogen) atoms. The molecule has 0 radical (unpaired) electrons. The number of hydrogen-bond acceptors (Lipinski definition) is 2. The van der Waals surface area contributed by atoms with E-state index in [0.29, 0.717) is 0 Å². The van der Waals surface area contributed by atoms with Crippen LogP contribution in [-0.4, -0.2) is 4.98 Å². The van der Waals surface area contributed by atoms with Crippen LogP contribution in [0.3, 0.4) is 0 Å². The molecular weight excluding hydrogens is 294 g/mol. The molecular formula is C22H21NO. The monoisotopic (exact) mass is 315 g/mol. The zero-order valence-electron chi connectivity index (χ0n) is 14.6. The maximum absolute atomic E-state index is 6.25. The summed E-state index contributed by atoms with van der Waals surface area (Å²) in [4.78, 5) is 4.61. The highest BCUT2D eigenvalue weighted by Crippen LogP contribution is 2.37. The molecule has 0 aliphatic carbocycles. The number of aryl methyl sites for hydroxylation is 1. The minimum absolute atomic E-state index is 0.0933. The molecule has 0 fully saturated rings. The Kier molecular flexibility index (Phi) is 3.24. The summed E-state index contributed by atoms with van der Waals surface area (Å²) in [7, 11) is 0. The molecule has 0 unspecified atom stereocenters. The van der Waals surface area contributed by atoms with Crippen molar-refractivity contribution in [3.63, 3.8) is 0 Å². The second-order valence-corrected chi connectivity index (χ2v) is 7.42. The highest BCUT2D eigenvalue weighted by atomic mass is 16.3. The Labute approximate surface area is 142 Å². The second-order valence-electron chi connectivity index (χ2n) is 7.42. The molecule has 0 amide bonds. The van der Waals surface area contributed by atoms with Gasteiger partial charge in [-0.1, -0.05) is 51.1 Å². The molecule has 2 heteroatoms. The van der Waals surface area contributed by atoms with Gasteiger partial charge in [0.2, 0.25) is 0 Å². The highest BCUT2D eigenvalue weighted by molar-refractivity contribution is 6.09. The fourth-order valence-electron chi connectivity index (χ4n) is 3.21. The number of aromatic nitrogens is 1. The van der Waals surface area contributed by atoms with Gasteiger partial charge in [0.1, 0.15) is 11.2 Å². The molecule has 120 valence electrons. The summed E-state index contributed by atoms with van der Waals surface area (Å²) in [5.41, 5.74) is 6.42. The molecule has 0 N–H and O–H groups in total. The molecule has 0 saturated carbocycles. The van der Waals surface area contributed by atoms with Crippen molar-refractivity contribution < 1.29 is 4.42 Å². The van der Waals surface area contributed by atoms with Gasteiger partial charge in [-0.25, -0.2) is 0 Å². The van der Waals surface area contributed by atoms with Gasteiger partial charge in [-0.05, 0) is 41.7 Å². The first-order valence-electron chi connectivity index (χ1n) is 8.33. The van der Waals surface area contributed by atoms with Crippen LogP contribution in [0.15, 0.2) is 59.1 Å². The third-order valence-corrected chi connectivity index (χ3v) is 4.62. The smallest absolute Gasteiger partial charge is 0.144 e. The fraction of sp³-hybridized carbons (Fsp3) is 0.227. The van der Waals surface area contributed by atoms with Crippen LogP contribution < -0.4 is 0 Å². The zero-order chi connectivity index (χ0) is 16.9. The topological polar surface area (TPSA) is 26.0 Å². The van der Waals surface area contributed by atoms with Crippen LogP contribution >= 0.6 is 0 Å². The first-order chi connectivity index (χ1) is 11.4. The summed E-state index contributed by atoms with van der Waals surface area (Å²) < 4.78 is 6.25. The van der Waals surface area contributed by atoms with Crippen LogP contribution in [0.25, 0.3) is 33.2 Å². The van der Waals surface area contributed by atoms with E-state index in [1.165, 1.54) is 10.9 Å². The molecule has 4 aromatic rings. The number of furan rings is 1. The summed E-state index contributed by atoms with van der Waals surface area (Å²) in [6.45, 7) is 8.74. The minimum atomic E-state index is 0.0933. The molecule has 0 spiro atoms. The maximum atomic E-state index is 6.25. The minimum Gasteiger partial charge on any atom is -0.455 e. The molecule has 0 aliphatic rings. The van der Waals surface area contributed by atoms with Crippen molar-refractivity contribution in [2.75, 3.05) is 0 Å². The van der Waals surface area contributed by atoms with E-state index in [1.54, 1.807) is 0 Å². The molecule has 2 heterocycles. The van der Waals surface area contributed by atoms with Crippen molar-refractivity contribution in [2.24, 2.45) is 0 Å². The van der Waals surface area contributed by atoms with E-state index in [4.69, 9.17) is 4.42 Å². The summed E-state index contributed by atoms with van der Waals surface area (Å²) in [6, 6.07) is 16.9. The van der Waals surface area contributed by atoms with Crippen LogP contribution in [0.4, 0.5) is 0 Å². The second kappa shape index (κ2) is 5.20.